The molecular formula is C17H19BrN2O3. The molecule has 5 nitrogen and oxygen atoms in total. The molecule has 0 aliphatic carbocycles. The molecule has 0 atom stereocenters. The maximum atomic E-state index is 12.0. The van der Waals surface area contributed by atoms with Crippen molar-refractivity contribution in [3.63, 3.8) is 0 Å². The predicted molar refractivity (Wildman–Crippen MR) is 94.3 cm³/mol. The Morgan fingerprint density at radius 2 is 1.83 bits per heavy atom. The van der Waals surface area contributed by atoms with Crippen LogP contribution in [0.3, 0.4) is 0 Å². The van der Waals surface area contributed by atoms with Crippen LogP contribution >= 0.6 is 15.9 Å². The third-order valence-corrected chi connectivity index (χ3v) is 4.19. The molecule has 0 saturated carbocycles. The van der Waals surface area contributed by atoms with Gasteiger partial charge in [-0.2, -0.15) is 0 Å². The lowest BCUT2D eigenvalue weighted by Crippen LogP contribution is -2.28. The van der Waals surface area contributed by atoms with Gasteiger partial charge < -0.3 is 20.1 Å². The number of hydrogen-bond acceptors (Lipinski definition) is 3. The van der Waals surface area contributed by atoms with Gasteiger partial charge in [-0.3, -0.25) is 0 Å². The molecule has 0 heterocycles. The van der Waals surface area contributed by atoms with E-state index in [0.717, 1.165) is 21.3 Å². The first-order valence-electron chi connectivity index (χ1n) is 7.05. The SMILES string of the molecule is COc1ccc(CNC(=O)Nc2ccc(C)c(Br)c2)cc1OC. The van der Waals surface area contributed by atoms with Crippen LogP contribution in [0.1, 0.15) is 11.1 Å². The highest BCUT2D eigenvalue weighted by molar-refractivity contribution is 9.10. The zero-order valence-corrected chi connectivity index (χ0v) is 14.9. The van der Waals surface area contributed by atoms with Crippen molar-refractivity contribution in [1.82, 2.24) is 5.32 Å². The number of hydrogen-bond donors (Lipinski definition) is 2. The van der Waals surface area contributed by atoms with Crippen molar-refractivity contribution < 1.29 is 14.3 Å². The summed E-state index contributed by atoms with van der Waals surface area (Å²) in [6.07, 6.45) is 0. The molecule has 2 aromatic rings. The fourth-order valence-electron chi connectivity index (χ4n) is 2.02. The van der Waals surface area contributed by atoms with Gasteiger partial charge in [-0.05, 0) is 42.3 Å². The second-order valence-electron chi connectivity index (χ2n) is 4.96. The molecule has 2 aromatic carbocycles. The van der Waals surface area contributed by atoms with E-state index in [1.807, 2.05) is 43.3 Å². The van der Waals surface area contributed by atoms with E-state index >= 15 is 0 Å². The first-order chi connectivity index (χ1) is 11.0. The van der Waals surface area contributed by atoms with Gasteiger partial charge in [0.25, 0.3) is 0 Å². The number of urea groups is 1. The summed E-state index contributed by atoms with van der Waals surface area (Å²) in [6, 6.07) is 10.9. The topological polar surface area (TPSA) is 59.6 Å². The summed E-state index contributed by atoms with van der Waals surface area (Å²) in [7, 11) is 3.17. The number of carbonyl (C=O) groups excluding carboxylic acids is 1. The van der Waals surface area contributed by atoms with Crippen molar-refractivity contribution in [2.75, 3.05) is 19.5 Å². The fourth-order valence-corrected chi connectivity index (χ4v) is 2.40. The number of benzene rings is 2. The minimum absolute atomic E-state index is 0.268. The third-order valence-electron chi connectivity index (χ3n) is 3.33. The van der Waals surface area contributed by atoms with Crippen LogP contribution in [0.25, 0.3) is 0 Å². The molecular weight excluding hydrogens is 360 g/mol. The van der Waals surface area contributed by atoms with Crippen LogP contribution in [0.2, 0.25) is 0 Å². The molecule has 0 spiro atoms. The number of ether oxygens (including phenoxy) is 2. The highest BCUT2D eigenvalue weighted by atomic mass is 79.9. The molecule has 0 aromatic heterocycles. The molecule has 0 unspecified atom stereocenters. The molecule has 0 saturated heterocycles. The van der Waals surface area contributed by atoms with Gasteiger partial charge in [-0.15, -0.1) is 0 Å². The second kappa shape index (κ2) is 7.87. The zero-order valence-electron chi connectivity index (χ0n) is 13.3. The van der Waals surface area contributed by atoms with Crippen LogP contribution in [-0.4, -0.2) is 20.3 Å². The lowest BCUT2D eigenvalue weighted by Gasteiger charge is -2.11. The number of anilines is 1. The van der Waals surface area contributed by atoms with E-state index in [2.05, 4.69) is 26.6 Å². The maximum Gasteiger partial charge on any atom is 0.319 e. The van der Waals surface area contributed by atoms with E-state index in [1.54, 1.807) is 14.2 Å². The van der Waals surface area contributed by atoms with Crippen molar-refractivity contribution in [2.24, 2.45) is 0 Å². The number of amides is 2. The first-order valence-corrected chi connectivity index (χ1v) is 7.84. The number of rotatable bonds is 5. The summed E-state index contributed by atoms with van der Waals surface area (Å²) in [6.45, 7) is 2.38. The Morgan fingerprint density at radius 1 is 1.09 bits per heavy atom. The van der Waals surface area contributed by atoms with Crippen molar-refractivity contribution >= 4 is 27.6 Å². The Kier molecular flexibility index (Phi) is 5.87. The standard InChI is InChI=1S/C17H19BrN2O3/c1-11-4-6-13(9-14(11)18)20-17(21)19-10-12-5-7-15(22-2)16(8-12)23-3/h4-9H,10H2,1-3H3,(H2,19,20,21). The van der Waals surface area contributed by atoms with Crippen molar-refractivity contribution in [3.05, 3.63) is 52.0 Å². The molecule has 2 N–H and O–H groups in total. The maximum absolute atomic E-state index is 12.0. The van der Waals surface area contributed by atoms with E-state index in [0.29, 0.717) is 18.0 Å². The summed E-state index contributed by atoms with van der Waals surface area (Å²) >= 11 is 3.44. The van der Waals surface area contributed by atoms with Gasteiger partial charge in [0.05, 0.1) is 14.2 Å². The van der Waals surface area contributed by atoms with E-state index in [4.69, 9.17) is 9.47 Å². The summed E-state index contributed by atoms with van der Waals surface area (Å²) in [5.74, 6) is 1.29. The number of aryl methyl sites for hydroxylation is 1. The molecule has 0 aliphatic rings. The highest BCUT2D eigenvalue weighted by Gasteiger charge is 2.07. The largest absolute Gasteiger partial charge is 0.493 e. The lowest BCUT2D eigenvalue weighted by molar-refractivity contribution is 0.251. The number of halogens is 1. The Labute approximate surface area is 144 Å². The predicted octanol–water partition coefficient (Wildman–Crippen LogP) is 4.10. The van der Waals surface area contributed by atoms with Crippen LogP contribution < -0.4 is 20.1 Å². The van der Waals surface area contributed by atoms with E-state index in [1.165, 1.54) is 0 Å². The Balaban J connectivity index is 1.95. The molecule has 0 fully saturated rings. The molecule has 2 amide bonds. The molecule has 6 heteroatoms. The Bertz CT molecular complexity index is 704. The van der Waals surface area contributed by atoms with E-state index in [9.17, 15) is 4.79 Å². The van der Waals surface area contributed by atoms with Gasteiger partial charge in [0.15, 0.2) is 11.5 Å². The van der Waals surface area contributed by atoms with Gasteiger partial charge in [0.2, 0.25) is 0 Å². The minimum atomic E-state index is -0.268. The van der Waals surface area contributed by atoms with Gasteiger partial charge in [-0.25, -0.2) is 4.79 Å². The van der Waals surface area contributed by atoms with Crippen molar-refractivity contribution in [3.8, 4) is 11.5 Å². The number of nitrogens with one attached hydrogen (secondary N) is 2. The Morgan fingerprint density at radius 3 is 2.48 bits per heavy atom. The molecule has 122 valence electrons. The molecule has 0 radical (unpaired) electrons. The quantitative estimate of drug-likeness (QED) is 0.823. The van der Waals surface area contributed by atoms with Gasteiger partial charge in [-0.1, -0.05) is 28.1 Å². The average molecular weight is 379 g/mol. The summed E-state index contributed by atoms with van der Waals surface area (Å²) in [5, 5.41) is 5.60. The van der Waals surface area contributed by atoms with Crippen LogP contribution in [0.15, 0.2) is 40.9 Å². The second-order valence-corrected chi connectivity index (χ2v) is 5.82. The highest BCUT2D eigenvalue weighted by Crippen LogP contribution is 2.27. The fraction of sp³-hybridized carbons (Fsp3) is 0.235. The number of carbonyl (C=O) groups is 1. The summed E-state index contributed by atoms with van der Waals surface area (Å²) in [4.78, 5) is 12.0. The first kappa shape index (κ1) is 17.1. The van der Waals surface area contributed by atoms with Crippen LogP contribution in [0, 0.1) is 6.92 Å². The van der Waals surface area contributed by atoms with Gasteiger partial charge >= 0.3 is 6.03 Å². The smallest absolute Gasteiger partial charge is 0.319 e. The van der Waals surface area contributed by atoms with E-state index < -0.39 is 0 Å². The lowest BCUT2D eigenvalue weighted by atomic mass is 10.2. The monoisotopic (exact) mass is 378 g/mol. The number of methoxy groups -OCH3 is 2. The van der Waals surface area contributed by atoms with Crippen molar-refractivity contribution in [2.45, 2.75) is 13.5 Å². The zero-order chi connectivity index (χ0) is 16.8. The van der Waals surface area contributed by atoms with Crippen LogP contribution in [0.4, 0.5) is 10.5 Å². The van der Waals surface area contributed by atoms with Crippen molar-refractivity contribution in [1.29, 1.82) is 0 Å². The minimum Gasteiger partial charge on any atom is -0.493 e. The molecule has 2 rings (SSSR count). The van der Waals surface area contributed by atoms with Crippen LogP contribution in [0.5, 0.6) is 11.5 Å². The normalized spacial score (nSPS) is 10.1. The average Bonchev–Trinajstić information content (AvgIpc) is 2.56. The third kappa shape index (κ3) is 4.63. The van der Waals surface area contributed by atoms with Gasteiger partial charge in [0.1, 0.15) is 0 Å². The Hall–Kier alpha value is -2.21. The van der Waals surface area contributed by atoms with Gasteiger partial charge in [0, 0.05) is 16.7 Å². The van der Waals surface area contributed by atoms with E-state index in [-0.39, 0.29) is 6.03 Å². The molecule has 0 aliphatic heterocycles. The molecule has 0 bridgehead atoms. The van der Waals surface area contributed by atoms with Crippen LogP contribution in [-0.2, 0) is 6.54 Å². The summed E-state index contributed by atoms with van der Waals surface area (Å²) in [5.41, 5.74) is 2.76. The summed E-state index contributed by atoms with van der Waals surface area (Å²) < 4.78 is 11.4. The molecule has 23 heavy (non-hydrogen) atoms.